The summed E-state index contributed by atoms with van der Waals surface area (Å²) in [5.41, 5.74) is 6.40. The molecule has 0 saturated carbocycles. The average Bonchev–Trinajstić information content (AvgIpc) is 2.70. The smallest absolute Gasteiger partial charge is 0.151 e. The Kier molecular flexibility index (Phi) is 3.49. The molecule has 1 atom stereocenters. The molecule has 0 fully saturated rings. The molecule has 0 aliphatic rings. The number of pyridine rings is 1. The Morgan fingerprint density at radius 2 is 2.24 bits per heavy atom. The monoisotopic (exact) mass is 268 g/mol. The van der Waals surface area contributed by atoms with Crippen LogP contribution in [-0.2, 0) is 0 Å². The number of halogens is 1. The lowest BCUT2D eigenvalue weighted by Gasteiger charge is -2.13. The van der Waals surface area contributed by atoms with Gasteiger partial charge >= 0.3 is 0 Å². The summed E-state index contributed by atoms with van der Waals surface area (Å²) in [5.74, 6) is 0.595. The molecule has 0 aliphatic heterocycles. The van der Waals surface area contributed by atoms with Crippen LogP contribution in [0.3, 0.4) is 0 Å². The van der Waals surface area contributed by atoms with E-state index in [2.05, 4.69) is 15.3 Å². The van der Waals surface area contributed by atoms with Crippen LogP contribution in [0, 0.1) is 6.92 Å². The Morgan fingerprint density at radius 1 is 1.47 bits per heavy atom. The van der Waals surface area contributed by atoms with Crippen LogP contribution in [-0.4, -0.2) is 9.97 Å². The van der Waals surface area contributed by atoms with E-state index in [4.69, 9.17) is 17.3 Å². The maximum absolute atomic E-state index is 5.83. The number of hydrogen-bond donors (Lipinski definition) is 2. The van der Waals surface area contributed by atoms with Crippen molar-refractivity contribution >= 4 is 34.4 Å². The molecule has 2 rings (SSSR count). The summed E-state index contributed by atoms with van der Waals surface area (Å²) >= 11 is 7.48. The van der Waals surface area contributed by atoms with Gasteiger partial charge in [-0.05, 0) is 26.0 Å². The first-order valence-electron chi connectivity index (χ1n) is 5.17. The SMILES string of the molecule is Cc1cnc(C(C)Nc2nc(Cl)ccc2N)s1. The Balaban J connectivity index is 2.18. The van der Waals surface area contributed by atoms with Crippen molar-refractivity contribution in [3.63, 3.8) is 0 Å². The Bertz CT molecular complexity index is 526. The van der Waals surface area contributed by atoms with Gasteiger partial charge in [-0.15, -0.1) is 11.3 Å². The van der Waals surface area contributed by atoms with Crippen molar-refractivity contribution in [2.24, 2.45) is 0 Å². The van der Waals surface area contributed by atoms with E-state index in [1.54, 1.807) is 23.5 Å². The fraction of sp³-hybridized carbons (Fsp3) is 0.273. The average molecular weight is 269 g/mol. The summed E-state index contributed by atoms with van der Waals surface area (Å²) in [6.07, 6.45) is 1.85. The molecule has 4 nitrogen and oxygen atoms in total. The van der Waals surface area contributed by atoms with Gasteiger partial charge in [-0.3, -0.25) is 0 Å². The number of nitrogen functional groups attached to an aromatic ring is 1. The number of aryl methyl sites for hydroxylation is 1. The zero-order chi connectivity index (χ0) is 12.4. The Hall–Kier alpha value is -1.33. The lowest BCUT2D eigenvalue weighted by molar-refractivity contribution is 0.861. The van der Waals surface area contributed by atoms with Gasteiger partial charge in [-0.2, -0.15) is 0 Å². The molecule has 3 N–H and O–H groups in total. The fourth-order valence-corrected chi connectivity index (χ4v) is 2.32. The zero-order valence-corrected chi connectivity index (χ0v) is 11.1. The topological polar surface area (TPSA) is 63.8 Å². The number of nitrogens with zero attached hydrogens (tertiary/aromatic N) is 2. The van der Waals surface area contributed by atoms with Crippen molar-refractivity contribution in [3.05, 3.63) is 33.4 Å². The molecule has 17 heavy (non-hydrogen) atoms. The summed E-state index contributed by atoms with van der Waals surface area (Å²) in [6, 6.07) is 3.46. The van der Waals surface area contributed by atoms with Gasteiger partial charge < -0.3 is 11.1 Å². The van der Waals surface area contributed by atoms with Gasteiger partial charge in [0.25, 0.3) is 0 Å². The van der Waals surface area contributed by atoms with Crippen LogP contribution in [0.1, 0.15) is 22.9 Å². The second-order valence-corrected chi connectivity index (χ2v) is 5.40. The first kappa shape index (κ1) is 12.1. The molecule has 90 valence electrons. The van der Waals surface area contributed by atoms with Gasteiger partial charge in [0.1, 0.15) is 10.2 Å². The molecule has 0 spiro atoms. The minimum absolute atomic E-state index is 0.0574. The maximum atomic E-state index is 5.83. The predicted molar refractivity (Wildman–Crippen MR) is 72.5 cm³/mol. The molecule has 0 bridgehead atoms. The maximum Gasteiger partial charge on any atom is 0.151 e. The number of aromatic nitrogens is 2. The highest BCUT2D eigenvalue weighted by atomic mass is 35.5. The molecule has 0 amide bonds. The van der Waals surface area contributed by atoms with E-state index < -0.39 is 0 Å². The van der Waals surface area contributed by atoms with Gasteiger partial charge in [-0.25, -0.2) is 9.97 Å². The van der Waals surface area contributed by atoms with E-state index >= 15 is 0 Å². The Labute approximate surface area is 109 Å². The molecule has 2 aromatic heterocycles. The molecular weight excluding hydrogens is 256 g/mol. The fourth-order valence-electron chi connectivity index (χ4n) is 1.40. The van der Waals surface area contributed by atoms with Crippen LogP contribution in [0.25, 0.3) is 0 Å². The third-order valence-electron chi connectivity index (χ3n) is 2.26. The highest BCUT2D eigenvalue weighted by molar-refractivity contribution is 7.11. The van der Waals surface area contributed by atoms with Crippen LogP contribution >= 0.6 is 22.9 Å². The lowest BCUT2D eigenvalue weighted by Crippen LogP contribution is -2.09. The van der Waals surface area contributed by atoms with Gasteiger partial charge in [0.15, 0.2) is 5.82 Å². The summed E-state index contributed by atoms with van der Waals surface area (Å²) < 4.78 is 0. The van der Waals surface area contributed by atoms with Gasteiger partial charge in [0, 0.05) is 11.1 Å². The van der Waals surface area contributed by atoms with Crippen molar-refractivity contribution < 1.29 is 0 Å². The minimum atomic E-state index is 0.0574. The minimum Gasteiger partial charge on any atom is -0.396 e. The van der Waals surface area contributed by atoms with Gasteiger partial charge in [0.2, 0.25) is 0 Å². The van der Waals surface area contributed by atoms with Crippen molar-refractivity contribution in [1.82, 2.24) is 9.97 Å². The van der Waals surface area contributed by atoms with Crippen LogP contribution in [0.5, 0.6) is 0 Å². The summed E-state index contributed by atoms with van der Waals surface area (Å²) in [7, 11) is 0. The number of nitrogens with two attached hydrogens (primary N) is 1. The van der Waals surface area contributed by atoms with Crippen molar-refractivity contribution in [3.8, 4) is 0 Å². The number of rotatable bonds is 3. The number of nitrogens with one attached hydrogen (secondary N) is 1. The lowest BCUT2D eigenvalue weighted by atomic mass is 10.3. The van der Waals surface area contributed by atoms with E-state index in [1.807, 2.05) is 20.0 Å². The summed E-state index contributed by atoms with van der Waals surface area (Å²) in [6.45, 7) is 4.04. The van der Waals surface area contributed by atoms with E-state index in [-0.39, 0.29) is 6.04 Å². The molecule has 1 unspecified atom stereocenters. The predicted octanol–water partition coefficient (Wildman–Crippen LogP) is 3.26. The second kappa shape index (κ2) is 4.89. The van der Waals surface area contributed by atoms with Crippen LogP contribution in [0.15, 0.2) is 18.3 Å². The van der Waals surface area contributed by atoms with Crippen LogP contribution in [0.2, 0.25) is 5.15 Å². The van der Waals surface area contributed by atoms with E-state index in [9.17, 15) is 0 Å². The molecule has 6 heteroatoms. The second-order valence-electron chi connectivity index (χ2n) is 3.75. The normalized spacial score (nSPS) is 12.4. The van der Waals surface area contributed by atoms with Crippen molar-refractivity contribution in [2.75, 3.05) is 11.1 Å². The largest absolute Gasteiger partial charge is 0.396 e. The van der Waals surface area contributed by atoms with Gasteiger partial charge in [-0.1, -0.05) is 11.6 Å². The molecule has 0 saturated heterocycles. The summed E-state index contributed by atoms with van der Waals surface area (Å²) in [4.78, 5) is 9.65. The number of anilines is 2. The van der Waals surface area contributed by atoms with Crippen molar-refractivity contribution in [1.29, 1.82) is 0 Å². The first-order valence-corrected chi connectivity index (χ1v) is 6.36. The molecule has 2 aromatic rings. The molecule has 0 radical (unpaired) electrons. The number of thiazole rings is 1. The van der Waals surface area contributed by atoms with Gasteiger partial charge in [0.05, 0.1) is 11.7 Å². The molecule has 2 heterocycles. The van der Waals surface area contributed by atoms with Crippen molar-refractivity contribution in [2.45, 2.75) is 19.9 Å². The standard InChI is InChI=1S/C11H13ClN4S/c1-6-5-14-11(17-6)7(2)15-10-8(13)3-4-9(12)16-10/h3-5,7H,13H2,1-2H3,(H,15,16). The molecule has 0 aliphatic carbocycles. The van der Waals surface area contributed by atoms with Crippen LogP contribution < -0.4 is 11.1 Å². The third kappa shape index (κ3) is 2.87. The van der Waals surface area contributed by atoms with E-state index in [0.717, 1.165) is 5.01 Å². The van der Waals surface area contributed by atoms with E-state index in [0.29, 0.717) is 16.7 Å². The van der Waals surface area contributed by atoms with E-state index in [1.165, 1.54) is 4.88 Å². The first-order chi connectivity index (χ1) is 8.06. The molecule has 0 aromatic carbocycles. The summed E-state index contributed by atoms with van der Waals surface area (Å²) in [5, 5.41) is 4.63. The third-order valence-corrected chi connectivity index (χ3v) is 3.56. The van der Waals surface area contributed by atoms with Crippen LogP contribution in [0.4, 0.5) is 11.5 Å². The highest BCUT2D eigenvalue weighted by Gasteiger charge is 2.11. The highest BCUT2D eigenvalue weighted by Crippen LogP contribution is 2.26. The molecular formula is C11H13ClN4S. The Morgan fingerprint density at radius 3 is 2.88 bits per heavy atom. The quantitative estimate of drug-likeness (QED) is 0.839. The number of hydrogen-bond acceptors (Lipinski definition) is 5. The zero-order valence-electron chi connectivity index (χ0n) is 9.57.